The van der Waals surface area contributed by atoms with Crippen molar-refractivity contribution < 1.29 is 174 Å². The van der Waals surface area contributed by atoms with Crippen LogP contribution >= 0.6 is 21.6 Å². The summed E-state index contributed by atoms with van der Waals surface area (Å²) in [5.74, 6) is -20.6. The topological polar surface area (TPSA) is 904 Å². The maximum atomic E-state index is 14.8. The predicted molar refractivity (Wildman–Crippen MR) is 440 cm³/mol. The number of nitrogen functional groups attached to an aromatic ring is 1. The average Bonchev–Trinajstić information content (AvgIpc) is 0.809. The number of aliphatic hydroxyl groups excluding tert-OH is 15. The Morgan fingerprint density at radius 2 is 0.828 bits per heavy atom. The standard InChI is InChI=1S/C72H112N18O36S2/c1-72(2,3)90-89-71(125)126-20-21-127-128-30-40(69(123)124)86-66(119)36(10-16-49(102)77-26-43(96)56(110)59(113)46(99)29-93)82-65(118)38(13-19-52(106)107)84-63(116)35(9-15-48(101)76-25-42(95)55(109)58(112)45(98)28-92)81-64(117)37(12-18-51(104)105)83-62(115)34(8-14-47(100)75-24-41(94)54(108)57(111)44(97)27-91)80-50(103)17-11-39(68(121)122)85-61(114)31-4-6-32(7-5-31)74-22-33-23-78-60-53(79-33)67(120)88-70(73)87-60/h4-7,23,34-46,54-59,74,90-99,108-113H,8-22,24-30H2,1-3H3,(H,75,100)(H,76,101)(H,77,102)(H,80,103)(H,81,117)(H,82,118)(H,83,115)(H,84,116)(H,85,114)(H,86,119)(H,89,125)(H,104,105)(H,106,107)(H,121,122)(H,123,124)(H3,73,78,87,88,120)/t34-,35-,36-,37+,38+,39-,40+,41-,42-,43-,44+,45+,46+,54+,55+,56+,57+,58+,59+/m0/s1. The molecule has 56 heteroatoms. The molecule has 0 aliphatic rings. The minimum atomic E-state index is -2.28. The van der Waals surface area contributed by atoms with Crippen molar-refractivity contribution in [2.75, 3.05) is 68.6 Å². The Morgan fingerprint density at radius 1 is 0.461 bits per heavy atom. The molecule has 0 bridgehead atoms. The molecular formula is C72H112N18O36S2. The number of H-pyrrole nitrogens is 1. The molecule has 2 aromatic heterocycles. The second-order valence-corrected chi connectivity index (χ2v) is 32.2. The zero-order chi connectivity index (χ0) is 96.4. The van der Waals surface area contributed by atoms with Crippen LogP contribution in [0, 0.1) is 0 Å². The first-order valence-corrected chi connectivity index (χ1v) is 41.7. The summed E-state index contributed by atoms with van der Waals surface area (Å²) in [5.41, 5.74) is 9.78. The fraction of sp³-hybridized carbons (Fsp3) is 0.625. The first-order chi connectivity index (χ1) is 60.1. The summed E-state index contributed by atoms with van der Waals surface area (Å²) in [4.78, 5) is 229. The van der Waals surface area contributed by atoms with Crippen molar-refractivity contribution in [1.82, 2.24) is 84.0 Å². The number of ether oxygens (including phenoxy) is 1. The van der Waals surface area contributed by atoms with Crippen molar-refractivity contribution in [2.24, 2.45) is 0 Å². The lowest BCUT2D eigenvalue weighted by molar-refractivity contribution is -0.142. The molecule has 54 nitrogen and oxygen atoms in total. The van der Waals surface area contributed by atoms with Crippen LogP contribution < -0.4 is 80.6 Å². The van der Waals surface area contributed by atoms with Crippen molar-refractivity contribution >= 4 is 133 Å². The third-order valence-electron chi connectivity index (χ3n) is 18.2. The van der Waals surface area contributed by atoms with Crippen molar-refractivity contribution in [3.63, 3.8) is 0 Å². The number of nitrogens with two attached hydrogens (primary N) is 1. The van der Waals surface area contributed by atoms with Crippen LogP contribution in [-0.4, -0.2) is 385 Å². The highest BCUT2D eigenvalue weighted by Crippen LogP contribution is 2.23. The van der Waals surface area contributed by atoms with Gasteiger partial charge in [-0.25, -0.2) is 29.8 Å². The number of amides is 11. The van der Waals surface area contributed by atoms with Crippen molar-refractivity contribution in [3.05, 3.63) is 52.1 Å². The van der Waals surface area contributed by atoms with E-state index in [1.54, 1.807) is 20.8 Å². The lowest BCUT2D eigenvalue weighted by Crippen LogP contribution is -2.60. The summed E-state index contributed by atoms with van der Waals surface area (Å²) in [5, 5.41) is 215. The number of hydrogen-bond donors (Lipinski definition) is 34. The maximum absolute atomic E-state index is 14.8. The molecule has 11 amide bonds. The van der Waals surface area contributed by atoms with Gasteiger partial charge in [-0.05, 0) is 83.6 Å². The third kappa shape index (κ3) is 40.9. The number of carboxylic acids is 4. The molecule has 0 saturated heterocycles. The number of fused-ring (bicyclic) bond motifs is 1. The normalized spacial score (nSPS) is 16.0. The van der Waals surface area contributed by atoms with E-state index in [4.69, 9.17) is 10.5 Å². The number of nitrogens with one attached hydrogen (secondary N) is 14. The molecule has 19 atom stereocenters. The number of aliphatic hydroxyl groups is 15. The van der Waals surface area contributed by atoms with Crippen molar-refractivity contribution in [3.8, 4) is 0 Å². The summed E-state index contributed by atoms with van der Waals surface area (Å²) < 4.78 is 5.05. The van der Waals surface area contributed by atoms with Gasteiger partial charge in [0.15, 0.2) is 11.2 Å². The van der Waals surface area contributed by atoms with Crippen LogP contribution in [0.2, 0.25) is 0 Å². The van der Waals surface area contributed by atoms with E-state index in [1.807, 2.05) is 0 Å². The number of benzene rings is 1. The highest BCUT2D eigenvalue weighted by atomic mass is 33.1. The zero-order valence-electron chi connectivity index (χ0n) is 69.1. The monoisotopic (exact) mass is 1870 g/mol. The minimum absolute atomic E-state index is 0.00507. The first kappa shape index (κ1) is 111. The molecule has 3 aromatic rings. The predicted octanol–water partition coefficient (Wildman–Crippen LogP) is -13.0. The smallest absolute Gasteiger partial charge is 0.421 e. The average molecular weight is 1870 g/mol. The molecule has 3 rings (SSSR count). The number of aromatic amines is 1. The molecule has 0 unspecified atom stereocenters. The number of anilines is 2. The van der Waals surface area contributed by atoms with Gasteiger partial charge in [-0.3, -0.25) is 72.7 Å². The summed E-state index contributed by atoms with van der Waals surface area (Å²) in [6.45, 7) is -1.07. The van der Waals surface area contributed by atoms with E-state index in [0.29, 0.717) is 5.69 Å². The van der Waals surface area contributed by atoms with Crippen LogP contribution in [0.1, 0.15) is 114 Å². The molecule has 0 spiro atoms. The van der Waals surface area contributed by atoms with Gasteiger partial charge in [0.1, 0.15) is 104 Å². The number of rotatable bonds is 61. The quantitative estimate of drug-likeness (QED) is 0.0142. The van der Waals surface area contributed by atoms with Crippen LogP contribution in [0.5, 0.6) is 0 Å². The van der Waals surface area contributed by atoms with E-state index >= 15 is 0 Å². The van der Waals surface area contributed by atoms with Crippen LogP contribution in [0.25, 0.3) is 11.2 Å². The van der Waals surface area contributed by atoms with E-state index < -0.39 is 338 Å². The van der Waals surface area contributed by atoms with Gasteiger partial charge in [-0.2, -0.15) is 4.98 Å². The van der Waals surface area contributed by atoms with Gasteiger partial charge >= 0.3 is 30.0 Å². The zero-order valence-corrected chi connectivity index (χ0v) is 70.7. The van der Waals surface area contributed by atoms with Crippen molar-refractivity contribution in [2.45, 2.75) is 225 Å². The largest absolute Gasteiger partial charge is 0.481 e. The fourth-order valence-electron chi connectivity index (χ4n) is 10.9. The minimum Gasteiger partial charge on any atom is -0.481 e. The summed E-state index contributed by atoms with van der Waals surface area (Å²) >= 11 is 0. The van der Waals surface area contributed by atoms with Crippen LogP contribution in [0.4, 0.5) is 16.4 Å². The highest BCUT2D eigenvalue weighted by molar-refractivity contribution is 8.76. The number of carbonyl (C=O) groups is 15. The number of aliphatic carboxylic acids is 4. The van der Waals surface area contributed by atoms with Gasteiger partial charge in [0, 0.05) is 86.5 Å². The van der Waals surface area contributed by atoms with E-state index in [0.717, 1.165) is 21.6 Å². The number of hydrazine groups is 1. The lowest BCUT2D eigenvalue weighted by Gasteiger charge is -2.28. The molecule has 0 radical (unpaired) electrons. The lowest BCUT2D eigenvalue weighted by atomic mass is 10.0. The number of nitrogens with zero attached hydrogens (tertiary/aromatic N) is 3. The molecule has 0 saturated carbocycles. The number of carboxylic acid groups (broad SMARTS) is 4. The molecular weight excluding hydrogens is 1760 g/mol. The van der Waals surface area contributed by atoms with E-state index in [9.17, 15) is 174 Å². The summed E-state index contributed by atoms with van der Waals surface area (Å²) in [6.07, 6.45) is -36.1. The Kier molecular flexibility index (Phi) is 48.9. The number of hydrogen-bond acceptors (Lipinski definition) is 40. The van der Waals surface area contributed by atoms with Crippen molar-refractivity contribution in [1.29, 1.82) is 0 Å². The highest BCUT2D eigenvalue weighted by Gasteiger charge is 2.38. The Balaban J connectivity index is 2.09. The maximum Gasteiger partial charge on any atom is 0.421 e. The fourth-order valence-corrected chi connectivity index (χ4v) is 12.8. The van der Waals surface area contributed by atoms with Gasteiger partial charge in [0.05, 0.1) is 56.6 Å². The first-order valence-electron chi connectivity index (χ1n) is 39.2. The second-order valence-electron chi connectivity index (χ2n) is 29.6. The number of carbonyl (C=O) groups excluding carboxylic acids is 11. The van der Waals surface area contributed by atoms with Gasteiger partial charge in [-0.15, -0.1) is 0 Å². The molecule has 0 aliphatic carbocycles. The molecule has 2 heterocycles. The summed E-state index contributed by atoms with van der Waals surface area (Å²) in [7, 11) is 1.80. The van der Waals surface area contributed by atoms with Gasteiger partial charge in [-0.1, -0.05) is 21.6 Å². The Morgan fingerprint density at radius 3 is 1.21 bits per heavy atom. The van der Waals surface area contributed by atoms with E-state index in [2.05, 4.69) is 89.3 Å². The molecule has 35 N–H and O–H groups in total. The summed E-state index contributed by atoms with van der Waals surface area (Å²) in [6, 6.07) is -9.27. The van der Waals surface area contributed by atoms with E-state index in [-0.39, 0.29) is 47.3 Å². The molecule has 718 valence electrons. The van der Waals surface area contributed by atoms with Gasteiger partial charge < -0.3 is 166 Å². The van der Waals surface area contributed by atoms with Crippen LogP contribution in [-0.2, 0) is 73.6 Å². The van der Waals surface area contributed by atoms with E-state index in [1.165, 1.54) is 30.5 Å². The SMILES string of the molecule is CC(C)(C)NNC(=O)OCCSSC[C@@H](NC(=O)[C@H](CCC(=O)NC[C@H](O)[C@@H](O)[C@H](O)[C@H](O)CO)NC(=O)[C@@H](CCC(=O)O)NC(=O)[C@H](CCC(=O)NC[C@H](O)[C@@H](O)[C@H](O)[C@H](O)CO)NC(=O)[C@@H](CCC(=O)O)NC(=O)[C@H](CCC(=O)NC[C@H](O)[C@@H](O)[C@H](O)[C@H](O)CO)NC(=O)CC[C@H](NC(=O)c1ccc(NCc2cnc3nc(N)[nH]c(=O)c3n2)cc1)C(=O)O)C(=O)O. The van der Waals surface area contributed by atoms with Gasteiger partial charge in [0.25, 0.3) is 11.5 Å². The number of aromatic nitrogens is 4. The molecule has 0 fully saturated rings. The van der Waals surface area contributed by atoms with Gasteiger partial charge in [0.2, 0.25) is 59.1 Å². The Bertz CT molecular complexity index is 4240. The Labute approximate surface area is 734 Å². The van der Waals surface area contributed by atoms with Crippen LogP contribution in [0.15, 0.2) is 35.3 Å². The second kappa shape index (κ2) is 56.3. The molecule has 128 heavy (non-hydrogen) atoms. The molecule has 1 aromatic carbocycles. The third-order valence-corrected chi connectivity index (χ3v) is 20.6. The Hall–Kier alpha value is -11.1. The van der Waals surface area contributed by atoms with Crippen LogP contribution in [0.3, 0.4) is 0 Å². The molecule has 0 aliphatic heterocycles.